The molecule has 0 aliphatic heterocycles. The molecule has 43 heavy (non-hydrogen) atoms. The third kappa shape index (κ3) is 4.65. The molecule has 0 radical (unpaired) electrons. The molecule has 0 bridgehead atoms. The fourth-order valence-corrected chi connectivity index (χ4v) is 12.5. The fourth-order valence-electron chi connectivity index (χ4n) is 12.5. The highest BCUT2D eigenvalue weighted by molar-refractivity contribution is 5.82. The number of hydrogen-bond acceptors (Lipinski definition) is 4. The highest BCUT2D eigenvalue weighted by Crippen LogP contribution is 2.76. The SMILES string of the molecule is C=C(C)[C@@H]1C[C@@H](C(=O)O)C2CC[C@]3(C)[C@H](CC[C@@H]4[C@@]5(C)CC[C@H](OC(=O)CC(C)(CC)C(=O)O)C(C)(C)[C@@H]5CC[C@]43C)[C@H]21. The number of rotatable bonds is 7. The fraction of sp³-hybridized carbons (Fsp3) is 0.865. The molecule has 0 aromatic rings. The van der Waals surface area contributed by atoms with E-state index in [0.29, 0.717) is 36.0 Å². The van der Waals surface area contributed by atoms with Crippen molar-refractivity contribution in [1.29, 1.82) is 0 Å². The molecule has 2 N–H and O–H groups in total. The van der Waals surface area contributed by atoms with E-state index in [1.807, 2.05) is 6.92 Å². The molecule has 5 aliphatic carbocycles. The molecule has 242 valence electrons. The Labute approximate surface area is 259 Å². The Kier molecular flexibility index (Phi) is 8.03. The minimum atomic E-state index is -1.10. The first-order chi connectivity index (χ1) is 19.9. The minimum absolute atomic E-state index is 0.0934. The summed E-state index contributed by atoms with van der Waals surface area (Å²) < 4.78 is 6.17. The Morgan fingerprint density at radius 2 is 1.53 bits per heavy atom. The van der Waals surface area contributed by atoms with Crippen molar-refractivity contribution < 1.29 is 29.3 Å². The lowest BCUT2D eigenvalue weighted by molar-refractivity contribution is -0.245. The van der Waals surface area contributed by atoms with Gasteiger partial charge in [-0.2, -0.15) is 0 Å². The maximum absolute atomic E-state index is 13.1. The van der Waals surface area contributed by atoms with Crippen LogP contribution in [-0.4, -0.2) is 34.2 Å². The summed E-state index contributed by atoms with van der Waals surface area (Å²) in [6.07, 6.45) is 9.41. The van der Waals surface area contributed by atoms with Crippen LogP contribution in [0.2, 0.25) is 0 Å². The highest BCUT2D eigenvalue weighted by atomic mass is 16.5. The van der Waals surface area contributed by atoms with E-state index in [4.69, 9.17) is 4.74 Å². The van der Waals surface area contributed by atoms with Crippen molar-refractivity contribution in [3.8, 4) is 0 Å². The van der Waals surface area contributed by atoms with Crippen molar-refractivity contribution >= 4 is 17.9 Å². The standard InChI is InChI=1S/C37H58O6/c1-10-34(6,32(41)42)20-29(38)43-28-15-16-35(7)26(33(28,4)5)14-18-37(9)27(35)12-11-25-30-22(13-17-36(25,37)8)24(31(39)40)19-23(30)21(2)3/h22-28,30H,2,10-20H2,1,3-9H3,(H,39,40)(H,41,42)/t22?,23-,24+,25+,26-,27+,28-,30+,34?,35-,36+,37+/m0/s1. The number of hydrogen-bond donors (Lipinski definition) is 2. The maximum atomic E-state index is 13.1. The van der Waals surface area contributed by atoms with E-state index in [9.17, 15) is 24.6 Å². The van der Waals surface area contributed by atoms with E-state index in [2.05, 4.69) is 48.1 Å². The Hall–Kier alpha value is -1.85. The zero-order valence-corrected chi connectivity index (χ0v) is 28.1. The molecule has 6 nitrogen and oxygen atoms in total. The van der Waals surface area contributed by atoms with Gasteiger partial charge in [0.15, 0.2) is 0 Å². The van der Waals surface area contributed by atoms with Crippen molar-refractivity contribution in [3.05, 3.63) is 12.2 Å². The molecule has 0 heterocycles. The van der Waals surface area contributed by atoms with Gasteiger partial charge in [-0.25, -0.2) is 0 Å². The molecule has 0 aromatic carbocycles. The van der Waals surface area contributed by atoms with Gasteiger partial charge in [0.1, 0.15) is 6.10 Å². The van der Waals surface area contributed by atoms with E-state index in [-0.39, 0.29) is 52.0 Å². The average molecular weight is 599 g/mol. The van der Waals surface area contributed by atoms with E-state index in [1.165, 1.54) is 18.4 Å². The maximum Gasteiger partial charge on any atom is 0.309 e. The van der Waals surface area contributed by atoms with Crippen LogP contribution in [0.25, 0.3) is 0 Å². The number of carbonyl (C=O) groups excluding carboxylic acids is 1. The van der Waals surface area contributed by atoms with Crippen LogP contribution in [-0.2, 0) is 19.1 Å². The lowest BCUT2D eigenvalue weighted by Gasteiger charge is -2.72. The van der Waals surface area contributed by atoms with Crippen LogP contribution in [0.1, 0.15) is 126 Å². The van der Waals surface area contributed by atoms with Crippen LogP contribution >= 0.6 is 0 Å². The lowest BCUT2D eigenvalue weighted by Crippen LogP contribution is -2.66. The summed E-state index contributed by atoms with van der Waals surface area (Å²) in [4.78, 5) is 37.3. The van der Waals surface area contributed by atoms with Crippen LogP contribution in [0.15, 0.2) is 12.2 Å². The van der Waals surface area contributed by atoms with Gasteiger partial charge in [0.25, 0.3) is 0 Å². The molecule has 0 amide bonds. The molecule has 5 saturated carbocycles. The second-order valence-corrected chi connectivity index (χ2v) is 17.3. The average Bonchev–Trinajstić information content (AvgIpc) is 3.31. The topological polar surface area (TPSA) is 101 Å². The smallest absolute Gasteiger partial charge is 0.309 e. The second kappa shape index (κ2) is 10.6. The molecule has 0 saturated heterocycles. The van der Waals surface area contributed by atoms with Crippen molar-refractivity contribution in [1.82, 2.24) is 0 Å². The van der Waals surface area contributed by atoms with E-state index < -0.39 is 17.4 Å². The van der Waals surface area contributed by atoms with Crippen molar-refractivity contribution in [2.45, 2.75) is 132 Å². The van der Waals surface area contributed by atoms with E-state index in [0.717, 1.165) is 44.9 Å². The lowest BCUT2D eigenvalue weighted by atomic mass is 9.33. The third-order valence-electron chi connectivity index (χ3n) is 15.4. The quantitative estimate of drug-likeness (QED) is 0.225. The van der Waals surface area contributed by atoms with Crippen molar-refractivity contribution in [2.24, 2.45) is 68.5 Å². The molecular formula is C37H58O6. The van der Waals surface area contributed by atoms with Crippen LogP contribution in [0.3, 0.4) is 0 Å². The summed E-state index contributed by atoms with van der Waals surface area (Å²) >= 11 is 0. The number of fused-ring (bicyclic) bond motifs is 7. The van der Waals surface area contributed by atoms with Gasteiger partial charge in [0.05, 0.1) is 17.8 Å². The van der Waals surface area contributed by atoms with Gasteiger partial charge < -0.3 is 14.9 Å². The van der Waals surface area contributed by atoms with E-state index in [1.54, 1.807) is 6.92 Å². The molecule has 12 atom stereocenters. The molecule has 0 spiro atoms. The van der Waals surface area contributed by atoms with Gasteiger partial charge in [-0.05, 0) is 130 Å². The summed E-state index contributed by atoms with van der Waals surface area (Å²) in [6, 6.07) is 0. The van der Waals surface area contributed by atoms with Gasteiger partial charge in [-0.3, -0.25) is 14.4 Å². The normalized spacial score (nSPS) is 46.2. The third-order valence-corrected chi connectivity index (χ3v) is 15.4. The number of carbonyl (C=O) groups is 3. The van der Waals surface area contributed by atoms with Crippen LogP contribution in [0.5, 0.6) is 0 Å². The van der Waals surface area contributed by atoms with Gasteiger partial charge >= 0.3 is 17.9 Å². The molecule has 5 fully saturated rings. The summed E-state index contributed by atoms with van der Waals surface area (Å²) in [5.41, 5.74) is 0.352. The summed E-state index contributed by atoms with van der Waals surface area (Å²) in [5, 5.41) is 19.9. The molecule has 5 aliphatic rings. The minimum Gasteiger partial charge on any atom is -0.481 e. The van der Waals surface area contributed by atoms with Crippen LogP contribution in [0.4, 0.5) is 0 Å². The van der Waals surface area contributed by atoms with Crippen LogP contribution < -0.4 is 0 Å². The second-order valence-electron chi connectivity index (χ2n) is 17.3. The van der Waals surface area contributed by atoms with Gasteiger partial charge in [-0.15, -0.1) is 0 Å². The predicted octanol–water partition coefficient (Wildman–Crippen LogP) is 8.39. The summed E-state index contributed by atoms with van der Waals surface area (Å²) in [7, 11) is 0. The number of carboxylic acid groups (broad SMARTS) is 2. The Morgan fingerprint density at radius 1 is 0.884 bits per heavy atom. The molecular weight excluding hydrogens is 540 g/mol. The molecule has 0 aromatic heterocycles. The Bertz CT molecular complexity index is 1170. The number of carboxylic acids is 2. The Balaban J connectivity index is 1.39. The zero-order chi connectivity index (χ0) is 31.9. The largest absolute Gasteiger partial charge is 0.481 e. The first-order valence-corrected chi connectivity index (χ1v) is 17.2. The zero-order valence-electron chi connectivity index (χ0n) is 28.1. The van der Waals surface area contributed by atoms with E-state index >= 15 is 0 Å². The summed E-state index contributed by atoms with van der Waals surface area (Å²) in [6.45, 7) is 22.2. The molecule has 6 heteroatoms. The first kappa shape index (κ1) is 32.5. The number of aliphatic carboxylic acids is 2. The van der Waals surface area contributed by atoms with Crippen LogP contribution in [0, 0.1) is 68.5 Å². The number of allylic oxidation sites excluding steroid dienone is 1. The molecule has 2 unspecified atom stereocenters. The number of esters is 1. The van der Waals surface area contributed by atoms with Gasteiger partial charge in [0, 0.05) is 5.41 Å². The van der Waals surface area contributed by atoms with Gasteiger partial charge in [-0.1, -0.05) is 53.7 Å². The monoisotopic (exact) mass is 598 g/mol. The first-order valence-electron chi connectivity index (χ1n) is 17.2. The number of ether oxygens (including phenoxy) is 1. The van der Waals surface area contributed by atoms with Crippen molar-refractivity contribution in [3.63, 3.8) is 0 Å². The Morgan fingerprint density at radius 3 is 2.12 bits per heavy atom. The highest BCUT2D eigenvalue weighted by Gasteiger charge is 2.70. The van der Waals surface area contributed by atoms with Gasteiger partial charge in [0.2, 0.25) is 0 Å². The predicted molar refractivity (Wildman–Crippen MR) is 167 cm³/mol. The molecule has 5 rings (SSSR count). The summed E-state index contributed by atoms with van der Waals surface area (Å²) in [5.74, 6) is 0.341. The van der Waals surface area contributed by atoms with Crippen molar-refractivity contribution in [2.75, 3.05) is 0 Å².